The minimum absolute atomic E-state index is 0.0414. The van der Waals surface area contributed by atoms with Gasteiger partial charge in [0.1, 0.15) is 11.5 Å². The standard InChI is InChI=1S/C16H18N2O2S/c1-10-7-8-12(11(2)9-10)20-13-5-4-6-14(21-3)15(13)16(17)18-19/h4-9,19H,1-3H3,(H2,17,18). The molecule has 110 valence electrons. The molecule has 0 aromatic heterocycles. The Morgan fingerprint density at radius 3 is 2.57 bits per heavy atom. The van der Waals surface area contributed by atoms with Crippen molar-refractivity contribution in [2.75, 3.05) is 6.26 Å². The van der Waals surface area contributed by atoms with Gasteiger partial charge in [0.15, 0.2) is 5.84 Å². The normalized spacial score (nSPS) is 11.5. The Kier molecular flexibility index (Phi) is 4.75. The molecule has 21 heavy (non-hydrogen) atoms. The molecule has 0 aliphatic carbocycles. The van der Waals surface area contributed by atoms with Crippen molar-refractivity contribution in [3.05, 3.63) is 53.1 Å². The van der Waals surface area contributed by atoms with E-state index < -0.39 is 0 Å². The molecule has 0 fully saturated rings. The minimum atomic E-state index is 0.0414. The van der Waals surface area contributed by atoms with Crippen molar-refractivity contribution < 1.29 is 9.94 Å². The van der Waals surface area contributed by atoms with Crippen LogP contribution in [0, 0.1) is 13.8 Å². The molecule has 2 aromatic carbocycles. The second-order valence-electron chi connectivity index (χ2n) is 4.69. The largest absolute Gasteiger partial charge is 0.456 e. The molecule has 4 nitrogen and oxygen atoms in total. The van der Waals surface area contributed by atoms with E-state index >= 15 is 0 Å². The molecule has 0 aliphatic rings. The SMILES string of the molecule is CSc1cccc(Oc2ccc(C)cc2C)c1/C(N)=N/O. The molecule has 0 spiro atoms. The van der Waals surface area contributed by atoms with Gasteiger partial charge in [0.2, 0.25) is 0 Å². The van der Waals surface area contributed by atoms with Gasteiger partial charge in [-0.15, -0.1) is 11.8 Å². The first-order chi connectivity index (χ1) is 10.1. The van der Waals surface area contributed by atoms with Crippen molar-refractivity contribution in [1.82, 2.24) is 0 Å². The average molecular weight is 302 g/mol. The third-order valence-electron chi connectivity index (χ3n) is 3.12. The molecule has 5 heteroatoms. The van der Waals surface area contributed by atoms with E-state index in [0.717, 1.165) is 16.2 Å². The molecular weight excluding hydrogens is 284 g/mol. The fourth-order valence-electron chi connectivity index (χ4n) is 2.10. The summed E-state index contributed by atoms with van der Waals surface area (Å²) in [6.45, 7) is 4.02. The Morgan fingerprint density at radius 2 is 1.95 bits per heavy atom. The maximum Gasteiger partial charge on any atom is 0.175 e. The highest BCUT2D eigenvalue weighted by atomic mass is 32.2. The zero-order valence-corrected chi connectivity index (χ0v) is 13.1. The molecular formula is C16H18N2O2S. The first-order valence-electron chi connectivity index (χ1n) is 6.46. The molecule has 0 saturated heterocycles. The third kappa shape index (κ3) is 3.31. The van der Waals surface area contributed by atoms with E-state index in [9.17, 15) is 0 Å². The van der Waals surface area contributed by atoms with Crippen LogP contribution in [0.4, 0.5) is 0 Å². The smallest absolute Gasteiger partial charge is 0.175 e. The first-order valence-corrected chi connectivity index (χ1v) is 7.69. The zero-order valence-electron chi connectivity index (χ0n) is 12.3. The summed E-state index contributed by atoms with van der Waals surface area (Å²) < 4.78 is 5.98. The van der Waals surface area contributed by atoms with Crippen LogP contribution in [-0.4, -0.2) is 17.3 Å². The van der Waals surface area contributed by atoms with Gasteiger partial charge in [0.05, 0.1) is 5.56 Å². The molecule has 0 heterocycles. The van der Waals surface area contributed by atoms with Crippen LogP contribution in [0.3, 0.4) is 0 Å². The molecule has 3 N–H and O–H groups in total. The number of hydrogen-bond donors (Lipinski definition) is 2. The van der Waals surface area contributed by atoms with Gasteiger partial charge in [-0.2, -0.15) is 0 Å². The fourth-order valence-corrected chi connectivity index (χ4v) is 2.72. The van der Waals surface area contributed by atoms with E-state index in [1.54, 1.807) is 0 Å². The molecule has 0 atom stereocenters. The van der Waals surface area contributed by atoms with Gasteiger partial charge in [0.25, 0.3) is 0 Å². The van der Waals surface area contributed by atoms with E-state index in [-0.39, 0.29) is 5.84 Å². The summed E-state index contributed by atoms with van der Waals surface area (Å²) in [5.74, 6) is 1.37. The van der Waals surface area contributed by atoms with Crippen LogP contribution in [0.1, 0.15) is 16.7 Å². The van der Waals surface area contributed by atoms with E-state index in [4.69, 9.17) is 15.7 Å². The summed E-state index contributed by atoms with van der Waals surface area (Å²) in [6.07, 6.45) is 1.93. The quantitative estimate of drug-likeness (QED) is 0.295. The molecule has 0 radical (unpaired) electrons. The number of oxime groups is 1. The highest BCUT2D eigenvalue weighted by molar-refractivity contribution is 7.98. The number of thioether (sulfide) groups is 1. The third-order valence-corrected chi connectivity index (χ3v) is 3.90. The Bertz CT molecular complexity index is 684. The fraction of sp³-hybridized carbons (Fsp3) is 0.188. The maximum atomic E-state index is 8.99. The Hall–Kier alpha value is -2.14. The second-order valence-corrected chi connectivity index (χ2v) is 5.54. The van der Waals surface area contributed by atoms with Crippen LogP contribution in [0.5, 0.6) is 11.5 Å². The highest BCUT2D eigenvalue weighted by Crippen LogP contribution is 2.33. The number of hydrogen-bond acceptors (Lipinski definition) is 4. The Balaban J connectivity index is 2.49. The molecule has 2 aromatic rings. The van der Waals surface area contributed by atoms with Crippen molar-refractivity contribution in [3.8, 4) is 11.5 Å². The van der Waals surface area contributed by atoms with E-state index in [0.29, 0.717) is 11.3 Å². The predicted octanol–water partition coefficient (Wildman–Crippen LogP) is 3.91. The molecule has 0 aliphatic heterocycles. The van der Waals surface area contributed by atoms with Crippen LogP contribution in [0.15, 0.2) is 46.4 Å². The number of nitrogens with zero attached hydrogens (tertiary/aromatic N) is 1. The molecule has 2 rings (SSSR count). The van der Waals surface area contributed by atoms with Gasteiger partial charge in [-0.1, -0.05) is 28.9 Å². The lowest BCUT2D eigenvalue weighted by molar-refractivity contribution is 0.318. The first kappa shape index (κ1) is 15.3. The monoisotopic (exact) mass is 302 g/mol. The Morgan fingerprint density at radius 1 is 1.19 bits per heavy atom. The summed E-state index contributed by atoms with van der Waals surface area (Å²) in [5, 5.41) is 12.1. The summed E-state index contributed by atoms with van der Waals surface area (Å²) in [6, 6.07) is 11.6. The minimum Gasteiger partial charge on any atom is -0.456 e. The molecule has 0 unspecified atom stereocenters. The van der Waals surface area contributed by atoms with Crippen LogP contribution in [-0.2, 0) is 0 Å². The number of ether oxygens (including phenoxy) is 1. The number of aryl methyl sites for hydroxylation is 2. The van der Waals surface area contributed by atoms with Crippen LogP contribution in [0.2, 0.25) is 0 Å². The number of rotatable bonds is 4. The van der Waals surface area contributed by atoms with Gasteiger partial charge in [0, 0.05) is 4.90 Å². The molecule has 0 amide bonds. The van der Waals surface area contributed by atoms with Crippen LogP contribution in [0.25, 0.3) is 0 Å². The summed E-state index contributed by atoms with van der Waals surface area (Å²) in [5.41, 5.74) is 8.61. The summed E-state index contributed by atoms with van der Waals surface area (Å²) in [7, 11) is 0. The summed E-state index contributed by atoms with van der Waals surface area (Å²) >= 11 is 1.52. The lowest BCUT2D eigenvalue weighted by atomic mass is 10.1. The highest BCUT2D eigenvalue weighted by Gasteiger charge is 2.15. The topological polar surface area (TPSA) is 67.8 Å². The lowest BCUT2D eigenvalue weighted by Gasteiger charge is -2.15. The van der Waals surface area contributed by atoms with E-state index in [1.807, 2.05) is 50.4 Å². The van der Waals surface area contributed by atoms with Gasteiger partial charge < -0.3 is 15.7 Å². The van der Waals surface area contributed by atoms with Gasteiger partial charge in [-0.25, -0.2) is 0 Å². The van der Waals surface area contributed by atoms with Crippen molar-refractivity contribution in [2.45, 2.75) is 18.7 Å². The van der Waals surface area contributed by atoms with Gasteiger partial charge in [-0.3, -0.25) is 0 Å². The van der Waals surface area contributed by atoms with Crippen LogP contribution >= 0.6 is 11.8 Å². The predicted molar refractivity (Wildman–Crippen MR) is 86.7 cm³/mol. The molecule has 0 bridgehead atoms. The Labute approximate surface area is 128 Å². The average Bonchev–Trinajstić information content (AvgIpc) is 2.49. The number of amidine groups is 1. The van der Waals surface area contributed by atoms with Crippen molar-refractivity contribution in [1.29, 1.82) is 0 Å². The van der Waals surface area contributed by atoms with Crippen molar-refractivity contribution in [2.24, 2.45) is 10.9 Å². The van der Waals surface area contributed by atoms with Crippen molar-refractivity contribution in [3.63, 3.8) is 0 Å². The van der Waals surface area contributed by atoms with E-state index in [2.05, 4.69) is 11.2 Å². The lowest BCUT2D eigenvalue weighted by Crippen LogP contribution is -2.15. The summed E-state index contributed by atoms with van der Waals surface area (Å²) in [4.78, 5) is 0.896. The maximum absolute atomic E-state index is 8.99. The number of nitrogens with two attached hydrogens (primary N) is 1. The molecule has 0 saturated carbocycles. The second kappa shape index (κ2) is 6.54. The van der Waals surface area contributed by atoms with Gasteiger partial charge in [-0.05, 0) is 43.9 Å². The van der Waals surface area contributed by atoms with Crippen LogP contribution < -0.4 is 10.5 Å². The van der Waals surface area contributed by atoms with Crippen molar-refractivity contribution >= 4 is 17.6 Å². The van der Waals surface area contributed by atoms with Gasteiger partial charge >= 0.3 is 0 Å². The number of benzene rings is 2. The zero-order chi connectivity index (χ0) is 15.4. The van der Waals surface area contributed by atoms with E-state index in [1.165, 1.54) is 17.3 Å².